The SMILES string of the molecule is CC(C)C(N)CC(=O)Nc1ccc2c(c1)CCO2. The minimum absolute atomic E-state index is 0.0323. The van der Waals surface area contributed by atoms with Gasteiger partial charge in [0.05, 0.1) is 6.61 Å². The van der Waals surface area contributed by atoms with Gasteiger partial charge in [0, 0.05) is 24.6 Å². The van der Waals surface area contributed by atoms with Gasteiger partial charge in [-0.2, -0.15) is 0 Å². The Morgan fingerprint density at radius 1 is 1.50 bits per heavy atom. The third-order valence-electron chi connectivity index (χ3n) is 3.25. The van der Waals surface area contributed by atoms with Gasteiger partial charge in [0.15, 0.2) is 0 Å². The molecule has 2 rings (SSSR count). The number of hydrogen-bond acceptors (Lipinski definition) is 3. The Morgan fingerprint density at radius 3 is 3.00 bits per heavy atom. The number of nitrogens with one attached hydrogen (secondary N) is 1. The minimum Gasteiger partial charge on any atom is -0.493 e. The molecule has 4 nitrogen and oxygen atoms in total. The minimum atomic E-state index is -0.0947. The zero-order valence-corrected chi connectivity index (χ0v) is 10.9. The van der Waals surface area contributed by atoms with Crippen LogP contribution in [0.3, 0.4) is 0 Å². The highest BCUT2D eigenvalue weighted by molar-refractivity contribution is 5.91. The second-order valence-corrected chi connectivity index (χ2v) is 5.08. The van der Waals surface area contributed by atoms with Gasteiger partial charge < -0.3 is 15.8 Å². The summed E-state index contributed by atoms with van der Waals surface area (Å²) in [6.45, 7) is 4.76. The molecule has 1 aromatic carbocycles. The number of nitrogens with two attached hydrogens (primary N) is 1. The molecule has 0 fully saturated rings. The lowest BCUT2D eigenvalue weighted by Gasteiger charge is -2.15. The topological polar surface area (TPSA) is 64.4 Å². The lowest BCUT2D eigenvalue weighted by atomic mass is 10.0. The van der Waals surface area contributed by atoms with E-state index in [1.807, 2.05) is 32.0 Å². The number of fused-ring (bicyclic) bond motifs is 1. The van der Waals surface area contributed by atoms with Gasteiger partial charge in [0.25, 0.3) is 0 Å². The van der Waals surface area contributed by atoms with E-state index in [9.17, 15) is 4.79 Å². The fraction of sp³-hybridized carbons (Fsp3) is 0.500. The number of carbonyl (C=O) groups is 1. The smallest absolute Gasteiger partial charge is 0.225 e. The number of carbonyl (C=O) groups excluding carboxylic acids is 1. The van der Waals surface area contributed by atoms with Crippen LogP contribution in [0.25, 0.3) is 0 Å². The molecule has 1 aromatic rings. The van der Waals surface area contributed by atoms with Crippen LogP contribution < -0.4 is 15.8 Å². The first-order valence-corrected chi connectivity index (χ1v) is 6.37. The molecule has 0 radical (unpaired) electrons. The van der Waals surface area contributed by atoms with Gasteiger partial charge >= 0.3 is 0 Å². The summed E-state index contributed by atoms with van der Waals surface area (Å²) in [6.07, 6.45) is 1.26. The van der Waals surface area contributed by atoms with Gasteiger partial charge in [0.2, 0.25) is 5.91 Å². The third-order valence-corrected chi connectivity index (χ3v) is 3.25. The summed E-state index contributed by atoms with van der Waals surface area (Å²) < 4.78 is 5.42. The highest BCUT2D eigenvalue weighted by Crippen LogP contribution is 2.27. The first kappa shape index (κ1) is 12.9. The molecular weight excluding hydrogens is 228 g/mol. The average molecular weight is 248 g/mol. The summed E-state index contributed by atoms with van der Waals surface area (Å²) in [5.41, 5.74) is 7.85. The average Bonchev–Trinajstić information content (AvgIpc) is 2.75. The number of rotatable bonds is 4. The second-order valence-electron chi connectivity index (χ2n) is 5.08. The van der Waals surface area contributed by atoms with E-state index in [4.69, 9.17) is 10.5 Å². The van der Waals surface area contributed by atoms with Crippen molar-refractivity contribution in [3.8, 4) is 5.75 Å². The fourth-order valence-corrected chi connectivity index (χ4v) is 1.93. The van der Waals surface area contributed by atoms with Crippen LogP contribution in [0.1, 0.15) is 25.8 Å². The molecule has 4 heteroatoms. The summed E-state index contributed by atoms with van der Waals surface area (Å²) in [5.74, 6) is 1.20. The predicted octanol–water partition coefficient (Wildman–Crippen LogP) is 1.93. The van der Waals surface area contributed by atoms with Gasteiger partial charge in [0.1, 0.15) is 5.75 Å². The molecule has 1 aliphatic heterocycles. The molecule has 98 valence electrons. The summed E-state index contributed by atoms with van der Waals surface area (Å²) in [4.78, 5) is 11.8. The van der Waals surface area contributed by atoms with Crippen molar-refractivity contribution in [2.24, 2.45) is 11.7 Å². The van der Waals surface area contributed by atoms with Gasteiger partial charge in [-0.3, -0.25) is 4.79 Å². The van der Waals surface area contributed by atoms with Gasteiger partial charge in [-0.05, 0) is 29.7 Å². The summed E-state index contributed by atoms with van der Waals surface area (Å²) >= 11 is 0. The summed E-state index contributed by atoms with van der Waals surface area (Å²) in [6, 6.07) is 5.65. The second kappa shape index (κ2) is 5.40. The fourth-order valence-electron chi connectivity index (χ4n) is 1.93. The standard InChI is InChI=1S/C14H20N2O2/c1-9(2)12(15)8-14(17)16-11-3-4-13-10(7-11)5-6-18-13/h3-4,7,9,12H,5-6,8,15H2,1-2H3,(H,16,17). The molecule has 1 aliphatic rings. The highest BCUT2D eigenvalue weighted by Gasteiger charge is 2.15. The van der Waals surface area contributed by atoms with Crippen molar-refractivity contribution in [3.05, 3.63) is 23.8 Å². The van der Waals surface area contributed by atoms with Crippen LogP contribution >= 0.6 is 0 Å². The molecule has 1 amide bonds. The summed E-state index contributed by atoms with van der Waals surface area (Å²) in [7, 11) is 0. The van der Waals surface area contributed by atoms with E-state index in [-0.39, 0.29) is 11.9 Å². The molecule has 0 bridgehead atoms. The predicted molar refractivity (Wildman–Crippen MR) is 71.7 cm³/mol. The Bertz CT molecular complexity index is 443. The van der Waals surface area contributed by atoms with Crippen molar-refractivity contribution in [2.45, 2.75) is 32.7 Å². The van der Waals surface area contributed by atoms with Crippen LogP contribution in [0.5, 0.6) is 5.75 Å². The van der Waals surface area contributed by atoms with Crippen molar-refractivity contribution in [3.63, 3.8) is 0 Å². The molecule has 0 saturated heterocycles. The first-order chi connectivity index (χ1) is 8.56. The molecule has 0 aliphatic carbocycles. The van der Waals surface area contributed by atoms with Crippen molar-refractivity contribution >= 4 is 11.6 Å². The van der Waals surface area contributed by atoms with Crippen molar-refractivity contribution < 1.29 is 9.53 Å². The maximum Gasteiger partial charge on any atom is 0.225 e. The van der Waals surface area contributed by atoms with Crippen LogP contribution in [0.15, 0.2) is 18.2 Å². The molecule has 0 spiro atoms. The molecule has 3 N–H and O–H groups in total. The van der Waals surface area contributed by atoms with Crippen molar-refractivity contribution in [1.82, 2.24) is 0 Å². The number of anilines is 1. The van der Waals surface area contributed by atoms with E-state index in [2.05, 4.69) is 5.32 Å². The van der Waals surface area contributed by atoms with Gasteiger partial charge in [-0.25, -0.2) is 0 Å². The van der Waals surface area contributed by atoms with Crippen molar-refractivity contribution in [2.75, 3.05) is 11.9 Å². The van der Waals surface area contributed by atoms with E-state index >= 15 is 0 Å². The number of benzene rings is 1. The maximum atomic E-state index is 11.8. The lowest BCUT2D eigenvalue weighted by Crippen LogP contribution is -2.31. The molecule has 18 heavy (non-hydrogen) atoms. The van der Waals surface area contributed by atoms with Gasteiger partial charge in [-0.1, -0.05) is 13.8 Å². The Morgan fingerprint density at radius 2 is 2.28 bits per heavy atom. The van der Waals surface area contributed by atoms with E-state index in [0.29, 0.717) is 12.3 Å². The van der Waals surface area contributed by atoms with Gasteiger partial charge in [-0.15, -0.1) is 0 Å². The number of hydrogen-bond donors (Lipinski definition) is 2. The Kier molecular flexibility index (Phi) is 3.87. The normalized spacial score (nSPS) is 15.1. The van der Waals surface area contributed by atoms with E-state index in [0.717, 1.165) is 30.0 Å². The molecule has 0 saturated carbocycles. The largest absolute Gasteiger partial charge is 0.493 e. The zero-order valence-electron chi connectivity index (χ0n) is 10.9. The molecule has 0 aromatic heterocycles. The quantitative estimate of drug-likeness (QED) is 0.855. The van der Waals surface area contributed by atoms with Crippen LogP contribution in [0.2, 0.25) is 0 Å². The molecule has 1 unspecified atom stereocenters. The lowest BCUT2D eigenvalue weighted by molar-refractivity contribution is -0.116. The molecular formula is C14H20N2O2. The Hall–Kier alpha value is -1.55. The van der Waals surface area contributed by atoms with E-state index in [1.165, 1.54) is 0 Å². The molecule has 1 heterocycles. The highest BCUT2D eigenvalue weighted by atomic mass is 16.5. The van der Waals surface area contributed by atoms with E-state index in [1.54, 1.807) is 0 Å². The summed E-state index contributed by atoms with van der Waals surface area (Å²) in [5, 5.41) is 2.88. The third kappa shape index (κ3) is 3.01. The number of amides is 1. The van der Waals surface area contributed by atoms with Crippen LogP contribution in [0, 0.1) is 5.92 Å². The van der Waals surface area contributed by atoms with Crippen LogP contribution in [-0.2, 0) is 11.2 Å². The monoisotopic (exact) mass is 248 g/mol. The maximum absolute atomic E-state index is 11.8. The Labute approximate surface area is 108 Å². The number of ether oxygens (including phenoxy) is 1. The van der Waals surface area contributed by atoms with E-state index < -0.39 is 0 Å². The van der Waals surface area contributed by atoms with Crippen LogP contribution in [0.4, 0.5) is 5.69 Å². The first-order valence-electron chi connectivity index (χ1n) is 6.37. The zero-order chi connectivity index (χ0) is 13.1. The van der Waals surface area contributed by atoms with Crippen molar-refractivity contribution in [1.29, 1.82) is 0 Å². The molecule has 1 atom stereocenters. The van der Waals surface area contributed by atoms with Crippen LogP contribution in [-0.4, -0.2) is 18.6 Å². The Balaban J connectivity index is 1.95.